The molecule has 0 aliphatic carbocycles. The van der Waals surface area contributed by atoms with Gasteiger partial charge in [-0.1, -0.05) is 0 Å². The molecule has 20 heavy (non-hydrogen) atoms. The molecule has 1 aromatic heterocycles. The molecule has 5 nitrogen and oxygen atoms in total. The Morgan fingerprint density at radius 1 is 1.55 bits per heavy atom. The van der Waals surface area contributed by atoms with Crippen molar-refractivity contribution in [1.82, 2.24) is 14.8 Å². The predicted molar refractivity (Wildman–Crippen MR) is 81.9 cm³/mol. The van der Waals surface area contributed by atoms with E-state index < -0.39 is 0 Å². The summed E-state index contributed by atoms with van der Waals surface area (Å²) in [6, 6.07) is -0.104. The second-order valence-corrected chi connectivity index (χ2v) is 6.75. The van der Waals surface area contributed by atoms with Gasteiger partial charge < -0.3 is 15.5 Å². The quantitative estimate of drug-likeness (QED) is 0.916. The molecule has 0 spiro atoms. The van der Waals surface area contributed by atoms with Crippen molar-refractivity contribution < 1.29 is 4.79 Å². The van der Waals surface area contributed by atoms with Crippen molar-refractivity contribution in [2.24, 2.45) is 11.7 Å². The summed E-state index contributed by atoms with van der Waals surface area (Å²) in [6.45, 7) is 4.66. The van der Waals surface area contributed by atoms with E-state index in [1.807, 2.05) is 17.2 Å². The van der Waals surface area contributed by atoms with Crippen molar-refractivity contribution in [3.63, 3.8) is 0 Å². The number of likely N-dealkylation sites (tertiary alicyclic amines) is 1. The first-order chi connectivity index (χ1) is 9.47. The van der Waals surface area contributed by atoms with Gasteiger partial charge >= 0.3 is 0 Å². The molecule has 0 bridgehead atoms. The zero-order valence-electron chi connectivity index (χ0n) is 12.5. The number of thiazole rings is 1. The molecule has 112 valence electrons. The van der Waals surface area contributed by atoms with Gasteiger partial charge in [0.15, 0.2) is 0 Å². The first-order valence-electron chi connectivity index (χ1n) is 7.12. The van der Waals surface area contributed by atoms with Crippen LogP contribution in [0.5, 0.6) is 0 Å². The fourth-order valence-corrected chi connectivity index (χ4v) is 3.34. The van der Waals surface area contributed by atoms with Gasteiger partial charge in [0.05, 0.1) is 6.04 Å². The lowest BCUT2D eigenvalue weighted by atomic mass is 9.96. The second kappa shape index (κ2) is 6.65. The Morgan fingerprint density at radius 3 is 2.70 bits per heavy atom. The molecule has 1 atom stereocenters. The van der Waals surface area contributed by atoms with E-state index in [0.29, 0.717) is 11.6 Å². The van der Waals surface area contributed by atoms with Crippen molar-refractivity contribution in [3.05, 3.63) is 16.1 Å². The summed E-state index contributed by atoms with van der Waals surface area (Å²) in [5.41, 5.74) is 6.34. The van der Waals surface area contributed by atoms with Gasteiger partial charge in [0.2, 0.25) is 0 Å². The number of aromatic nitrogens is 1. The maximum atomic E-state index is 12.4. The van der Waals surface area contributed by atoms with Crippen LogP contribution in [-0.4, -0.2) is 54.4 Å². The van der Waals surface area contributed by atoms with Gasteiger partial charge in [-0.2, -0.15) is 0 Å². The van der Waals surface area contributed by atoms with E-state index >= 15 is 0 Å². The Kier molecular flexibility index (Phi) is 5.12. The van der Waals surface area contributed by atoms with E-state index in [4.69, 9.17) is 5.73 Å². The molecular weight excluding hydrogens is 272 g/mol. The number of nitrogens with zero attached hydrogens (tertiary/aromatic N) is 3. The van der Waals surface area contributed by atoms with Crippen LogP contribution in [0.25, 0.3) is 0 Å². The molecule has 2 N–H and O–H groups in total. The molecule has 1 aromatic rings. The van der Waals surface area contributed by atoms with Crippen LogP contribution in [0, 0.1) is 5.92 Å². The molecular formula is C14H24N4OS. The van der Waals surface area contributed by atoms with Gasteiger partial charge in [0.25, 0.3) is 5.91 Å². The molecule has 2 rings (SSSR count). The molecule has 2 heterocycles. The number of hydrogen-bond acceptors (Lipinski definition) is 5. The van der Waals surface area contributed by atoms with Crippen molar-refractivity contribution >= 4 is 17.2 Å². The molecule has 1 saturated heterocycles. The van der Waals surface area contributed by atoms with Crippen LogP contribution in [0.2, 0.25) is 0 Å². The standard InChI is InChI=1S/C14H24N4OS/c1-10(15)13-16-12(9-20-13)14(19)18-6-4-11(5-7-18)8-17(2)3/h9-11H,4-8,15H2,1-3H3. The lowest BCUT2D eigenvalue weighted by Gasteiger charge is -2.32. The minimum atomic E-state index is -0.104. The molecule has 1 aliphatic rings. The largest absolute Gasteiger partial charge is 0.337 e. The Bertz CT molecular complexity index is 450. The summed E-state index contributed by atoms with van der Waals surface area (Å²) in [7, 11) is 4.20. The first kappa shape index (κ1) is 15.4. The molecule has 0 aromatic carbocycles. The van der Waals surface area contributed by atoms with Gasteiger partial charge in [0, 0.05) is 25.0 Å². The van der Waals surface area contributed by atoms with E-state index in [-0.39, 0.29) is 11.9 Å². The fourth-order valence-electron chi connectivity index (χ4n) is 2.59. The second-order valence-electron chi connectivity index (χ2n) is 5.86. The third kappa shape index (κ3) is 3.77. The molecule has 1 unspecified atom stereocenters. The fraction of sp³-hybridized carbons (Fsp3) is 0.714. The van der Waals surface area contributed by atoms with Crippen molar-refractivity contribution in [1.29, 1.82) is 0 Å². The summed E-state index contributed by atoms with van der Waals surface area (Å²) >= 11 is 1.47. The summed E-state index contributed by atoms with van der Waals surface area (Å²) < 4.78 is 0. The van der Waals surface area contributed by atoms with Crippen molar-refractivity contribution in [3.8, 4) is 0 Å². The summed E-state index contributed by atoms with van der Waals surface area (Å²) in [5, 5.41) is 2.66. The van der Waals surface area contributed by atoms with E-state index in [9.17, 15) is 4.79 Å². The Labute approximate surface area is 124 Å². The number of piperidine rings is 1. The van der Waals surface area contributed by atoms with Gasteiger partial charge in [-0.3, -0.25) is 4.79 Å². The highest BCUT2D eigenvalue weighted by Crippen LogP contribution is 2.21. The average Bonchev–Trinajstić information content (AvgIpc) is 2.88. The number of nitrogens with two attached hydrogens (primary N) is 1. The normalized spacial score (nSPS) is 18.6. The average molecular weight is 296 g/mol. The highest BCUT2D eigenvalue weighted by Gasteiger charge is 2.25. The molecule has 1 fully saturated rings. The van der Waals surface area contributed by atoms with Crippen LogP contribution >= 0.6 is 11.3 Å². The summed E-state index contributed by atoms with van der Waals surface area (Å²) in [5.74, 6) is 0.751. The van der Waals surface area contributed by atoms with E-state index in [2.05, 4.69) is 24.0 Å². The Balaban J connectivity index is 1.91. The highest BCUT2D eigenvalue weighted by molar-refractivity contribution is 7.09. The summed E-state index contributed by atoms with van der Waals surface area (Å²) in [6.07, 6.45) is 2.16. The smallest absolute Gasteiger partial charge is 0.273 e. The molecule has 1 amide bonds. The third-order valence-corrected chi connectivity index (χ3v) is 4.70. The van der Waals surface area contributed by atoms with Crippen molar-refractivity contribution in [2.45, 2.75) is 25.8 Å². The zero-order valence-corrected chi connectivity index (χ0v) is 13.3. The number of rotatable bonds is 4. The van der Waals surface area contributed by atoms with Crippen LogP contribution in [0.4, 0.5) is 0 Å². The third-order valence-electron chi connectivity index (χ3n) is 3.66. The first-order valence-corrected chi connectivity index (χ1v) is 8.00. The molecule has 0 saturated carbocycles. The lowest BCUT2D eigenvalue weighted by Crippen LogP contribution is -2.40. The minimum absolute atomic E-state index is 0.0523. The number of hydrogen-bond donors (Lipinski definition) is 1. The molecule has 1 aliphatic heterocycles. The van der Waals surface area contributed by atoms with Crippen LogP contribution < -0.4 is 5.73 Å². The van der Waals surface area contributed by atoms with E-state index in [1.165, 1.54) is 11.3 Å². The van der Waals surface area contributed by atoms with Crippen LogP contribution in [0.15, 0.2) is 5.38 Å². The number of carbonyl (C=O) groups is 1. The van der Waals surface area contributed by atoms with Gasteiger partial charge in [-0.05, 0) is 39.8 Å². The topological polar surface area (TPSA) is 62.5 Å². The zero-order chi connectivity index (χ0) is 14.7. The van der Waals surface area contributed by atoms with E-state index in [1.54, 1.807) is 0 Å². The van der Waals surface area contributed by atoms with Crippen LogP contribution in [-0.2, 0) is 0 Å². The molecule has 6 heteroatoms. The lowest BCUT2D eigenvalue weighted by molar-refractivity contribution is 0.0672. The Hall–Kier alpha value is -0.980. The van der Waals surface area contributed by atoms with Crippen LogP contribution in [0.1, 0.15) is 41.3 Å². The van der Waals surface area contributed by atoms with E-state index in [0.717, 1.165) is 37.5 Å². The summed E-state index contributed by atoms with van der Waals surface area (Å²) in [4.78, 5) is 20.9. The monoisotopic (exact) mass is 296 g/mol. The Morgan fingerprint density at radius 2 is 2.20 bits per heavy atom. The maximum absolute atomic E-state index is 12.4. The SMILES string of the molecule is CC(N)c1nc(C(=O)N2CCC(CN(C)C)CC2)cs1. The maximum Gasteiger partial charge on any atom is 0.273 e. The van der Waals surface area contributed by atoms with Crippen LogP contribution in [0.3, 0.4) is 0 Å². The predicted octanol–water partition coefficient (Wildman–Crippen LogP) is 1.58. The highest BCUT2D eigenvalue weighted by atomic mass is 32.1. The minimum Gasteiger partial charge on any atom is -0.337 e. The number of carbonyl (C=O) groups excluding carboxylic acids is 1. The number of amides is 1. The molecule has 0 radical (unpaired) electrons. The van der Waals surface area contributed by atoms with Gasteiger partial charge in [0.1, 0.15) is 10.7 Å². The van der Waals surface area contributed by atoms with Gasteiger partial charge in [-0.25, -0.2) is 4.98 Å². The van der Waals surface area contributed by atoms with Crippen molar-refractivity contribution in [2.75, 3.05) is 33.7 Å². The van der Waals surface area contributed by atoms with Gasteiger partial charge in [-0.15, -0.1) is 11.3 Å².